The number of aryl methyl sites for hydroxylation is 1. The number of hydrogen-bond acceptors (Lipinski definition) is 5. The second-order valence-electron chi connectivity index (χ2n) is 5.16. The smallest absolute Gasteiger partial charge is 0.271 e. The molecule has 21 heavy (non-hydrogen) atoms. The topological polar surface area (TPSA) is 101 Å². The van der Waals surface area contributed by atoms with Crippen molar-refractivity contribution in [2.24, 2.45) is 5.92 Å². The lowest BCUT2D eigenvalue weighted by Crippen LogP contribution is -2.32. The Morgan fingerprint density at radius 3 is 2.43 bits per heavy atom. The van der Waals surface area contributed by atoms with Gasteiger partial charge in [-0.25, -0.2) is 13.1 Å². The molecule has 0 aromatic heterocycles. The number of non-ortho nitro benzene ring substituents is 1. The monoisotopic (exact) mass is 315 g/mol. The number of nitrogens with one attached hydrogen (secondary N) is 2. The lowest BCUT2D eigenvalue weighted by Gasteiger charge is -2.14. The van der Waals surface area contributed by atoms with Gasteiger partial charge in [-0.2, -0.15) is 0 Å². The van der Waals surface area contributed by atoms with E-state index in [2.05, 4.69) is 10.0 Å². The summed E-state index contributed by atoms with van der Waals surface area (Å²) in [5, 5.41) is 13.8. The fourth-order valence-electron chi connectivity index (χ4n) is 1.94. The van der Waals surface area contributed by atoms with E-state index in [0.717, 1.165) is 6.07 Å². The van der Waals surface area contributed by atoms with Gasteiger partial charge >= 0.3 is 0 Å². The highest BCUT2D eigenvalue weighted by atomic mass is 32.2. The third-order valence-electron chi connectivity index (χ3n) is 3.28. The maximum Gasteiger partial charge on any atom is 0.271 e. The minimum atomic E-state index is -3.77. The molecule has 8 heteroatoms. The van der Waals surface area contributed by atoms with E-state index < -0.39 is 14.9 Å². The summed E-state index contributed by atoms with van der Waals surface area (Å²) < 4.78 is 27.2. The molecule has 118 valence electrons. The molecule has 0 saturated heterocycles. The Hall–Kier alpha value is -1.51. The van der Waals surface area contributed by atoms with Gasteiger partial charge in [0.05, 0.1) is 9.82 Å². The summed E-state index contributed by atoms with van der Waals surface area (Å²) in [5.74, 6) is 0.116. The van der Waals surface area contributed by atoms with Crippen LogP contribution in [-0.2, 0) is 10.0 Å². The van der Waals surface area contributed by atoms with Crippen LogP contribution >= 0.6 is 0 Å². The molecule has 0 aliphatic rings. The van der Waals surface area contributed by atoms with Gasteiger partial charge in [-0.05, 0) is 44.5 Å². The number of rotatable bonds is 7. The first-order valence-electron chi connectivity index (χ1n) is 6.59. The zero-order valence-electron chi connectivity index (χ0n) is 12.6. The second-order valence-corrected chi connectivity index (χ2v) is 6.89. The third-order valence-corrected chi connectivity index (χ3v) is 4.83. The Balaban J connectivity index is 3.10. The minimum absolute atomic E-state index is 0.0362. The van der Waals surface area contributed by atoms with Crippen LogP contribution < -0.4 is 10.0 Å². The summed E-state index contributed by atoms with van der Waals surface area (Å²) in [6.07, 6.45) is 0. The van der Waals surface area contributed by atoms with E-state index >= 15 is 0 Å². The van der Waals surface area contributed by atoms with Crippen molar-refractivity contribution in [3.8, 4) is 0 Å². The number of nitrogens with zero attached hydrogens (tertiary/aromatic N) is 1. The molecule has 0 amide bonds. The Labute approximate surface area is 124 Å². The van der Waals surface area contributed by atoms with Crippen LogP contribution in [-0.4, -0.2) is 33.5 Å². The standard InChI is InChI=1S/C13H21N3O4S/c1-9(7-14-4)8-15-21(19,20)13-6-12(16(17)18)5-10(2)11(13)3/h5-6,9,14-15H,7-8H2,1-4H3. The van der Waals surface area contributed by atoms with Crippen molar-refractivity contribution in [1.82, 2.24) is 10.0 Å². The molecular formula is C13H21N3O4S. The molecule has 0 spiro atoms. The molecule has 0 radical (unpaired) electrons. The largest absolute Gasteiger partial charge is 0.319 e. The van der Waals surface area contributed by atoms with Gasteiger partial charge < -0.3 is 5.32 Å². The summed E-state index contributed by atoms with van der Waals surface area (Å²) in [7, 11) is -1.97. The Morgan fingerprint density at radius 1 is 1.29 bits per heavy atom. The van der Waals surface area contributed by atoms with Crippen LogP contribution in [0.2, 0.25) is 0 Å². The molecule has 0 bridgehead atoms. The summed E-state index contributed by atoms with van der Waals surface area (Å²) in [5.41, 5.74) is 0.879. The first-order chi connectivity index (χ1) is 9.69. The average Bonchev–Trinajstić information content (AvgIpc) is 2.39. The van der Waals surface area contributed by atoms with Crippen LogP contribution in [0.25, 0.3) is 0 Å². The SMILES string of the molecule is CNCC(C)CNS(=O)(=O)c1cc([N+](=O)[O-])cc(C)c1C. The Kier molecular flexibility index (Phi) is 5.82. The second kappa shape index (κ2) is 6.97. The number of nitro benzene ring substituents is 1. The summed E-state index contributed by atoms with van der Waals surface area (Å²) in [6.45, 7) is 6.15. The predicted octanol–water partition coefficient (Wildman–Crippen LogP) is 1.35. The van der Waals surface area contributed by atoms with Crippen molar-refractivity contribution in [2.45, 2.75) is 25.7 Å². The zero-order chi connectivity index (χ0) is 16.2. The van der Waals surface area contributed by atoms with Crippen molar-refractivity contribution >= 4 is 15.7 Å². The van der Waals surface area contributed by atoms with Crippen LogP contribution in [0.4, 0.5) is 5.69 Å². The maximum atomic E-state index is 12.3. The van der Waals surface area contributed by atoms with Gasteiger partial charge in [-0.3, -0.25) is 10.1 Å². The molecule has 1 atom stereocenters. The fraction of sp³-hybridized carbons (Fsp3) is 0.538. The molecular weight excluding hydrogens is 294 g/mol. The highest BCUT2D eigenvalue weighted by molar-refractivity contribution is 7.89. The van der Waals surface area contributed by atoms with E-state index in [1.165, 1.54) is 6.07 Å². The molecule has 2 N–H and O–H groups in total. The number of benzene rings is 1. The molecule has 0 aliphatic carbocycles. The van der Waals surface area contributed by atoms with Gasteiger partial charge in [0.15, 0.2) is 0 Å². The maximum absolute atomic E-state index is 12.3. The van der Waals surface area contributed by atoms with Crippen molar-refractivity contribution in [3.05, 3.63) is 33.4 Å². The van der Waals surface area contributed by atoms with E-state index in [4.69, 9.17) is 0 Å². The van der Waals surface area contributed by atoms with Crippen LogP contribution in [0.5, 0.6) is 0 Å². The van der Waals surface area contributed by atoms with E-state index in [-0.39, 0.29) is 23.0 Å². The lowest BCUT2D eigenvalue weighted by atomic mass is 10.1. The summed E-state index contributed by atoms with van der Waals surface area (Å²) >= 11 is 0. The summed E-state index contributed by atoms with van der Waals surface area (Å²) in [4.78, 5) is 10.3. The van der Waals surface area contributed by atoms with Crippen molar-refractivity contribution in [2.75, 3.05) is 20.1 Å². The normalized spacial score (nSPS) is 13.1. The van der Waals surface area contributed by atoms with E-state index in [1.807, 2.05) is 6.92 Å². The quantitative estimate of drug-likeness (QED) is 0.584. The summed E-state index contributed by atoms with van der Waals surface area (Å²) in [6, 6.07) is 2.48. The van der Waals surface area contributed by atoms with E-state index in [9.17, 15) is 18.5 Å². The molecule has 0 fully saturated rings. The first kappa shape index (κ1) is 17.5. The van der Waals surface area contributed by atoms with Crippen LogP contribution in [0.15, 0.2) is 17.0 Å². The van der Waals surface area contributed by atoms with Crippen molar-refractivity contribution in [1.29, 1.82) is 0 Å². The van der Waals surface area contributed by atoms with Crippen molar-refractivity contribution in [3.63, 3.8) is 0 Å². The first-order valence-corrected chi connectivity index (χ1v) is 8.07. The fourth-order valence-corrected chi connectivity index (χ4v) is 3.44. The molecule has 1 aromatic carbocycles. The average molecular weight is 315 g/mol. The number of hydrogen-bond donors (Lipinski definition) is 2. The van der Waals surface area contributed by atoms with Crippen LogP contribution in [0.1, 0.15) is 18.1 Å². The van der Waals surface area contributed by atoms with Gasteiger partial charge in [-0.1, -0.05) is 6.92 Å². The van der Waals surface area contributed by atoms with Gasteiger partial charge in [-0.15, -0.1) is 0 Å². The predicted molar refractivity (Wildman–Crippen MR) is 80.8 cm³/mol. The lowest BCUT2D eigenvalue weighted by molar-refractivity contribution is -0.385. The molecule has 7 nitrogen and oxygen atoms in total. The highest BCUT2D eigenvalue weighted by Gasteiger charge is 2.22. The molecule has 0 heterocycles. The molecule has 1 aromatic rings. The van der Waals surface area contributed by atoms with E-state index in [0.29, 0.717) is 17.7 Å². The van der Waals surface area contributed by atoms with Crippen molar-refractivity contribution < 1.29 is 13.3 Å². The van der Waals surface area contributed by atoms with Gasteiger partial charge in [0.25, 0.3) is 5.69 Å². The molecule has 1 unspecified atom stereocenters. The number of sulfonamides is 1. The van der Waals surface area contributed by atoms with Gasteiger partial charge in [0.1, 0.15) is 0 Å². The van der Waals surface area contributed by atoms with Gasteiger partial charge in [0.2, 0.25) is 10.0 Å². The molecule has 0 aliphatic heterocycles. The minimum Gasteiger partial charge on any atom is -0.319 e. The van der Waals surface area contributed by atoms with Crippen LogP contribution in [0, 0.1) is 29.9 Å². The zero-order valence-corrected chi connectivity index (χ0v) is 13.5. The number of nitro groups is 1. The molecule has 1 rings (SSSR count). The Bertz CT molecular complexity index is 629. The molecule has 0 saturated carbocycles. The van der Waals surface area contributed by atoms with E-state index in [1.54, 1.807) is 20.9 Å². The van der Waals surface area contributed by atoms with Gasteiger partial charge in [0, 0.05) is 18.7 Å². The third kappa shape index (κ3) is 4.48. The highest BCUT2D eigenvalue weighted by Crippen LogP contribution is 2.25. The Morgan fingerprint density at radius 2 is 1.90 bits per heavy atom. The van der Waals surface area contributed by atoms with Crippen LogP contribution in [0.3, 0.4) is 0 Å².